The molecule has 0 bridgehead atoms. The lowest BCUT2D eigenvalue weighted by Gasteiger charge is -2.38. The van der Waals surface area contributed by atoms with E-state index < -0.39 is 5.60 Å². The molecule has 0 saturated carbocycles. The largest absolute Gasteiger partial charge is 0.379 e. The molecule has 2 amide bonds. The molecule has 2 fully saturated rings. The van der Waals surface area contributed by atoms with Gasteiger partial charge in [0.2, 0.25) is 5.91 Å². The standard InChI is InChI=1S/C20H28FN3O3/c21-17-6-4-16(5-7-17)14-24-13-3-9-20(27,19(24)26)15-22-10-8-18(25)23-11-1-2-12-23/h4-7,22,27H,1-3,8-15H2/t20-/m1/s1. The van der Waals surface area contributed by atoms with Crippen LogP contribution in [-0.4, -0.2) is 65.0 Å². The van der Waals surface area contributed by atoms with Crippen LogP contribution in [-0.2, 0) is 16.1 Å². The third kappa shape index (κ3) is 5.05. The molecule has 1 aromatic carbocycles. The first-order valence-corrected chi connectivity index (χ1v) is 9.73. The summed E-state index contributed by atoms with van der Waals surface area (Å²) in [5.74, 6) is -0.496. The first-order chi connectivity index (χ1) is 13.0. The molecule has 1 atom stereocenters. The van der Waals surface area contributed by atoms with Crippen LogP contribution in [0, 0.1) is 5.82 Å². The Labute approximate surface area is 159 Å². The van der Waals surface area contributed by atoms with Crippen molar-refractivity contribution in [2.24, 2.45) is 0 Å². The second-order valence-corrected chi connectivity index (χ2v) is 7.50. The Balaban J connectivity index is 1.47. The lowest BCUT2D eigenvalue weighted by Crippen LogP contribution is -2.57. The predicted octanol–water partition coefficient (Wildman–Crippen LogP) is 1.28. The molecule has 27 heavy (non-hydrogen) atoms. The third-order valence-electron chi connectivity index (χ3n) is 5.38. The second-order valence-electron chi connectivity index (χ2n) is 7.50. The molecular formula is C20H28FN3O3. The number of rotatable bonds is 7. The summed E-state index contributed by atoms with van der Waals surface area (Å²) >= 11 is 0. The summed E-state index contributed by atoms with van der Waals surface area (Å²) in [6.45, 7) is 3.18. The smallest absolute Gasteiger partial charge is 0.256 e. The average Bonchev–Trinajstić information content (AvgIpc) is 3.19. The number of amides is 2. The van der Waals surface area contributed by atoms with E-state index in [9.17, 15) is 19.1 Å². The second kappa shape index (κ2) is 8.80. The monoisotopic (exact) mass is 377 g/mol. The van der Waals surface area contributed by atoms with E-state index in [0.717, 1.165) is 31.5 Å². The minimum absolute atomic E-state index is 0.125. The van der Waals surface area contributed by atoms with Crippen molar-refractivity contribution in [3.63, 3.8) is 0 Å². The number of hydrogen-bond acceptors (Lipinski definition) is 4. The number of nitrogens with one attached hydrogen (secondary N) is 1. The highest BCUT2D eigenvalue weighted by atomic mass is 19.1. The number of aliphatic hydroxyl groups is 1. The van der Waals surface area contributed by atoms with Gasteiger partial charge in [-0.2, -0.15) is 0 Å². The van der Waals surface area contributed by atoms with Crippen molar-refractivity contribution < 1.29 is 19.1 Å². The molecule has 2 N–H and O–H groups in total. The zero-order valence-corrected chi connectivity index (χ0v) is 15.6. The maximum absolute atomic E-state index is 13.0. The van der Waals surface area contributed by atoms with Crippen LogP contribution in [0.3, 0.4) is 0 Å². The topological polar surface area (TPSA) is 72.9 Å². The maximum Gasteiger partial charge on any atom is 0.256 e. The van der Waals surface area contributed by atoms with Crippen molar-refractivity contribution in [3.8, 4) is 0 Å². The molecule has 3 rings (SSSR count). The summed E-state index contributed by atoms with van der Waals surface area (Å²) in [6.07, 6.45) is 3.62. The van der Waals surface area contributed by atoms with Crippen LogP contribution < -0.4 is 5.32 Å². The molecule has 0 aromatic heterocycles. The summed E-state index contributed by atoms with van der Waals surface area (Å²) in [4.78, 5) is 28.3. The van der Waals surface area contributed by atoms with E-state index in [1.54, 1.807) is 17.0 Å². The normalized spacial score (nSPS) is 23.1. The molecule has 148 valence electrons. The minimum Gasteiger partial charge on any atom is -0.379 e. The first kappa shape index (κ1) is 19.8. The summed E-state index contributed by atoms with van der Waals surface area (Å²) in [6, 6.07) is 6.04. The van der Waals surface area contributed by atoms with Gasteiger partial charge in [0.05, 0.1) is 0 Å². The minimum atomic E-state index is -1.45. The van der Waals surface area contributed by atoms with E-state index >= 15 is 0 Å². The molecule has 2 heterocycles. The fourth-order valence-corrected chi connectivity index (χ4v) is 3.81. The highest BCUT2D eigenvalue weighted by Gasteiger charge is 2.41. The predicted molar refractivity (Wildman–Crippen MR) is 99.3 cm³/mol. The number of piperidine rings is 1. The zero-order chi connectivity index (χ0) is 19.3. The lowest BCUT2D eigenvalue weighted by molar-refractivity contribution is -0.157. The Morgan fingerprint density at radius 3 is 2.56 bits per heavy atom. The highest BCUT2D eigenvalue weighted by Crippen LogP contribution is 2.24. The number of halogens is 1. The van der Waals surface area contributed by atoms with E-state index in [1.807, 2.05) is 4.90 Å². The molecule has 6 nitrogen and oxygen atoms in total. The molecule has 2 aliphatic heterocycles. The Bertz CT molecular complexity index is 661. The molecule has 7 heteroatoms. The van der Waals surface area contributed by atoms with Gasteiger partial charge in [0.25, 0.3) is 5.91 Å². The molecule has 0 radical (unpaired) electrons. The number of carbonyl (C=O) groups excluding carboxylic acids is 2. The average molecular weight is 377 g/mol. The number of benzene rings is 1. The Kier molecular flexibility index (Phi) is 6.44. The van der Waals surface area contributed by atoms with Gasteiger partial charge in [-0.05, 0) is 43.4 Å². The SMILES string of the molecule is O=C(CCNC[C@]1(O)CCCN(Cc2ccc(F)cc2)C1=O)N1CCCC1. The fraction of sp³-hybridized carbons (Fsp3) is 0.600. The van der Waals surface area contributed by atoms with E-state index in [2.05, 4.69) is 5.32 Å². The number of carbonyl (C=O) groups is 2. The number of likely N-dealkylation sites (tertiary alicyclic amines) is 2. The quantitative estimate of drug-likeness (QED) is 0.702. The molecule has 2 saturated heterocycles. The molecule has 0 spiro atoms. The summed E-state index contributed by atoms with van der Waals surface area (Å²) in [5, 5.41) is 13.9. The van der Waals surface area contributed by atoms with Gasteiger partial charge in [0.15, 0.2) is 5.60 Å². The Morgan fingerprint density at radius 2 is 1.85 bits per heavy atom. The van der Waals surface area contributed by atoms with Crippen molar-refractivity contribution in [1.82, 2.24) is 15.1 Å². The van der Waals surface area contributed by atoms with Gasteiger partial charge >= 0.3 is 0 Å². The van der Waals surface area contributed by atoms with E-state index in [4.69, 9.17) is 0 Å². The van der Waals surface area contributed by atoms with Crippen LogP contribution in [0.25, 0.3) is 0 Å². The Morgan fingerprint density at radius 1 is 1.15 bits per heavy atom. The van der Waals surface area contributed by atoms with Gasteiger partial charge < -0.3 is 20.2 Å². The molecule has 2 aliphatic rings. The van der Waals surface area contributed by atoms with Crippen LogP contribution in [0.15, 0.2) is 24.3 Å². The maximum atomic E-state index is 13.0. The van der Waals surface area contributed by atoms with Gasteiger partial charge in [-0.15, -0.1) is 0 Å². The van der Waals surface area contributed by atoms with Crippen LogP contribution in [0.1, 0.15) is 37.7 Å². The van der Waals surface area contributed by atoms with Gasteiger partial charge in [0.1, 0.15) is 5.82 Å². The first-order valence-electron chi connectivity index (χ1n) is 9.73. The zero-order valence-electron chi connectivity index (χ0n) is 15.6. The lowest BCUT2D eigenvalue weighted by atomic mass is 9.91. The molecular weight excluding hydrogens is 349 g/mol. The molecule has 0 aliphatic carbocycles. The third-order valence-corrected chi connectivity index (χ3v) is 5.38. The van der Waals surface area contributed by atoms with Crippen molar-refractivity contribution in [2.75, 3.05) is 32.7 Å². The van der Waals surface area contributed by atoms with Crippen LogP contribution in [0.4, 0.5) is 4.39 Å². The van der Waals surface area contributed by atoms with E-state index in [0.29, 0.717) is 38.9 Å². The number of nitrogens with zero attached hydrogens (tertiary/aromatic N) is 2. The Hall–Kier alpha value is -1.99. The van der Waals surface area contributed by atoms with Crippen molar-refractivity contribution in [3.05, 3.63) is 35.6 Å². The van der Waals surface area contributed by atoms with Crippen molar-refractivity contribution in [2.45, 2.75) is 44.2 Å². The van der Waals surface area contributed by atoms with Gasteiger partial charge in [0, 0.05) is 45.7 Å². The van der Waals surface area contributed by atoms with Crippen molar-refractivity contribution >= 4 is 11.8 Å². The van der Waals surface area contributed by atoms with E-state index in [1.165, 1.54) is 12.1 Å². The summed E-state index contributed by atoms with van der Waals surface area (Å²) in [5.41, 5.74) is -0.618. The van der Waals surface area contributed by atoms with Crippen LogP contribution >= 0.6 is 0 Å². The van der Waals surface area contributed by atoms with Crippen molar-refractivity contribution in [1.29, 1.82) is 0 Å². The fourth-order valence-electron chi connectivity index (χ4n) is 3.81. The van der Waals surface area contributed by atoms with Gasteiger partial charge in [-0.1, -0.05) is 12.1 Å². The van der Waals surface area contributed by atoms with Gasteiger partial charge in [-0.25, -0.2) is 4.39 Å². The van der Waals surface area contributed by atoms with Crippen LogP contribution in [0.2, 0.25) is 0 Å². The van der Waals surface area contributed by atoms with Crippen LogP contribution in [0.5, 0.6) is 0 Å². The molecule has 1 aromatic rings. The highest BCUT2D eigenvalue weighted by molar-refractivity contribution is 5.86. The summed E-state index contributed by atoms with van der Waals surface area (Å²) < 4.78 is 13.0. The van der Waals surface area contributed by atoms with Gasteiger partial charge in [-0.3, -0.25) is 9.59 Å². The number of hydrogen-bond donors (Lipinski definition) is 2. The summed E-state index contributed by atoms with van der Waals surface area (Å²) in [7, 11) is 0. The van der Waals surface area contributed by atoms with E-state index in [-0.39, 0.29) is 24.2 Å². The molecule has 0 unspecified atom stereocenters.